The van der Waals surface area contributed by atoms with E-state index in [0.29, 0.717) is 10.0 Å². The molecule has 0 amide bonds. The summed E-state index contributed by atoms with van der Waals surface area (Å²) in [4.78, 5) is 5.02. The first-order chi connectivity index (χ1) is 8.24. The van der Waals surface area contributed by atoms with Crippen LogP contribution in [0.3, 0.4) is 0 Å². The first-order valence-corrected chi connectivity index (χ1v) is 5.84. The van der Waals surface area contributed by atoms with Gasteiger partial charge in [-0.15, -0.1) is 0 Å². The van der Waals surface area contributed by atoms with Crippen LogP contribution in [-0.2, 0) is 4.84 Å². The fraction of sp³-hybridized carbons (Fsp3) is 0.0769. The third-order valence-corrected chi connectivity index (χ3v) is 3.34. The highest BCUT2D eigenvalue weighted by Gasteiger charge is 2.18. The molecule has 2 aromatic rings. The summed E-state index contributed by atoms with van der Waals surface area (Å²) in [6, 6.07) is 15.0. The molecule has 0 fully saturated rings. The van der Waals surface area contributed by atoms with Gasteiger partial charge >= 0.3 is 0 Å². The van der Waals surface area contributed by atoms with Crippen molar-refractivity contribution in [2.45, 2.75) is 6.10 Å². The van der Waals surface area contributed by atoms with Crippen molar-refractivity contribution >= 4 is 23.2 Å². The lowest BCUT2D eigenvalue weighted by molar-refractivity contribution is 0.0814. The zero-order valence-electron chi connectivity index (χ0n) is 8.94. The number of halogens is 2. The molecule has 0 radical (unpaired) electrons. The zero-order chi connectivity index (χ0) is 12.3. The molecule has 0 saturated carbocycles. The van der Waals surface area contributed by atoms with Gasteiger partial charge in [0.25, 0.3) is 0 Å². The summed E-state index contributed by atoms with van der Waals surface area (Å²) < 4.78 is 0. The molecule has 17 heavy (non-hydrogen) atoms. The Bertz CT molecular complexity index is 502. The van der Waals surface area contributed by atoms with Crippen LogP contribution >= 0.6 is 23.2 Å². The summed E-state index contributed by atoms with van der Waals surface area (Å²) in [5.74, 6) is 5.35. The van der Waals surface area contributed by atoms with Crippen LogP contribution in [0.25, 0.3) is 0 Å². The summed E-state index contributed by atoms with van der Waals surface area (Å²) in [7, 11) is 0. The third-order valence-electron chi connectivity index (χ3n) is 2.50. The summed E-state index contributed by atoms with van der Waals surface area (Å²) in [5.41, 5.74) is 1.69. The number of hydrogen-bond acceptors (Lipinski definition) is 2. The van der Waals surface area contributed by atoms with E-state index in [1.807, 2.05) is 42.5 Å². The minimum Gasteiger partial charge on any atom is -0.292 e. The molecule has 1 unspecified atom stereocenters. The highest BCUT2D eigenvalue weighted by Crippen LogP contribution is 2.34. The summed E-state index contributed by atoms with van der Waals surface area (Å²) in [6.45, 7) is 0. The van der Waals surface area contributed by atoms with E-state index in [1.165, 1.54) is 0 Å². The smallest absolute Gasteiger partial charge is 0.130 e. The van der Waals surface area contributed by atoms with Crippen LogP contribution in [-0.4, -0.2) is 0 Å². The fourth-order valence-corrected chi connectivity index (χ4v) is 2.09. The second kappa shape index (κ2) is 5.52. The zero-order valence-corrected chi connectivity index (χ0v) is 10.4. The molecule has 88 valence electrons. The maximum atomic E-state index is 6.15. The first-order valence-electron chi connectivity index (χ1n) is 5.08. The third kappa shape index (κ3) is 2.61. The summed E-state index contributed by atoms with van der Waals surface area (Å²) in [6.07, 6.45) is -0.414. The lowest BCUT2D eigenvalue weighted by Gasteiger charge is -2.17. The van der Waals surface area contributed by atoms with Gasteiger partial charge < -0.3 is 0 Å². The van der Waals surface area contributed by atoms with E-state index in [-0.39, 0.29) is 0 Å². The van der Waals surface area contributed by atoms with Gasteiger partial charge in [0.1, 0.15) is 6.10 Å². The summed E-state index contributed by atoms with van der Waals surface area (Å²) >= 11 is 12.1. The standard InChI is InChI=1S/C13H11Cl2NO/c14-11-8-4-7-10(12(11)15)13(17-16)9-5-2-1-3-6-9/h1-8,13H,16H2. The minimum atomic E-state index is -0.414. The molecule has 2 aromatic carbocycles. The lowest BCUT2D eigenvalue weighted by atomic mass is 10.0. The van der Waals surface area contributed by atoms with Gasteiger partial charge in [-0.3, -0.25) is 4.84 Å². The topological polar surface area (TPSA) is 35.2 Å². The molecule has 0 aliphatic rings. The molecular formula is C13H11Cl2NO. The predicted molar refractivity (Wildman–Crippen MR) is 70.0 cm³/mol. The van der Waals surface area contributed by atoms with Gasteiger partial charge in [-0.1, -0.05) is 65.7 Å². The second-order valence-corrected chi connectivity index (χ2v) is 4.36. The molecule has 0 aromatic heterocycles. The summed E-state index contributed by atoms with van der Waals surface area (Å²) in [5, 5.41) is 0.954. The van der Waals surface area contributed by atoms with E-state index in [9.17, 15) is 0 Å². The number of rotatable bonds is 3. The SMILES string of the molecule is NOC(c1ccccc1)c1cccc(Cl)c1Cl. The number of nitrogens with two attached hydrogens (primary N) is 1. The Kier molecular flexibility index (Phi) is 4.02. The number of hydrogen-bond donors (Lipinski definition) is 1. The molecule has 2 rings (SSSR count). The predicted octanol–water partition coefficient (Wildman–Crippen LogP) is 3.97. The average molecular weight is 268 g/mol. The van der Waals surface area contributed by atoms with Crippen molar-refractivity contribution in [1.29, 1.82) is 0 Å². The van der Waals surface area contributed by atoms with E-state index in [0.717, 1.165) is 11.1 Å². The Morgan fingerprint density at radius 1 is 0.941 bits per heavy atom. The molecule has 2 nitrogen and oxygen atoms in total. The highest BCUT2D eigenvalue weighted by molar-refractivity contribution is 6.42. The van der Waals surface area contributed by atoms with Crippen molar-refractivity contribution in [2.24, 2.45) is 5.90 Å². The van der Waals surface area contributed by atoms with Crippen molar-refractivity contribution in [3.05, 3.63) is 69.7 Å². The van der Waals surface area contributed by atoms with Crippen LogP contribution in [0, 0.1) is 0 Å². The van der Waals surface area contributed by atoms with Crippen molar-refractivity contribution in [1.82, 2.24) is 0 Å². The van der Waals surface area contributed by atoms with Crippen LogP contribution in [0.2, 0.25) is 10.0 Å². The average Bonchev–Trinajstić information content (AvgIpc) is 2.37. The van der Waals surface area contributed by atoms with E-state index < -0.39 is 6.10 Å². The van der Waals surface area contributed by atoms with Gasteiger partial charge in [0.05, 0.1) is 10.0 Å². The van der Waals surface area contributed by atoms with Crippen LogP contribution in [0.5, 0.6) is 0 Å². The molecule has 0 aliphatic carbocycles. The van der Waals surface area contributed by atoms with Gasteiger partial charge in [-0.05, 0) is 11.6 Å². The molecule has 0 aliphatic heterocycles. The van der Waals surface area contributed by atoms with E-state index in [1.54, 1.807) is 6.07 Å². The van der Waals surface area contributed by atoms with Crippen LogP contribution in [0.15, 0.2) is 48.5 Å². The Morgan fingerprint density at radius 3 is 2.29 bits per heavy atom. The highest BCUT2D eigenvalue weighted by atomic mass is 35.5. The Morgan fingerprint density at radius 2 is 1.65 bits per heavy atom. The van der Waals surface area contributed by atoms with E-state index in [2.05, 4.69) is 0 Å². The normalized spacial score (nSPS) is 12.4. The van der Waals surface area contributed by atoms with Crippen molar-refractivity contribution in [3.8, 4) is 0 Å². The molecule has 0 saturated heterocycles. The van der Waals surface area contributed by atoms with Gasteiger partial charge in [-0.2, -0.15) is 0 Å². The molecule has 0 heterocycles. The van der Waals surface area contributed by atoms with Crippen LogP contribution < -0.4 is 5.90 Å². The number of benzene rings is 2. The maximum absolute atomic E-state index is 6.15. The molecule has 0 bridgehead atoms. The van der Waals surface area contributed by atoms with Crippen LogP contribution in [0.1, 0.15) is 17.2 Å². The van der Waals surface area contributed by atoms with Crippen molar-refractivity contribution in [3.63, 3.8) is 0 Å². The molecule has 0 spiro atoms. The van der Waals surface area contributed by atoms with E-state index in [4.69, 9.17) is 33.9 Å². The van der Waals surface area contributed by atoms with Gasteiger partial charge in [0, 0.05) is 5.56 Å². The van der Waals surface area contributed by atoms with Crippen molar-refractivity contribution in [2.75, 3.05) is 0 Å². The Labute approximate surface area is 110 Å². The monoisotopic (exact) mass is 267 g/mol. The van der Waals surface area contributed by atoms with Gasteiger partial charge in [0.15, 0.2) is 0 Å². The van der Waals surface area contributed by atoms with Crippen molar-refractivity contribution < 1.29 is 4.84 Å². The maximum Gasteiger partial charge on any atom is 0.130 e. The molecule has 4 heteroatoms. The molecule has 2 N–H and O–H groups in total. The second-order valence-electron chi connectivity index (χ2n) is 3.57. The Balaban J connectivity index is 2.46. The van der Waals surface area contributed by atoms with Gasteiger partial charge in [-0.25, -0.2) is 5.90 Å². The minimum absolute atomic E-state index is 0.414. The Hall–Kier alpha value is -1.06. The fourth-order valence-electron chi connectivity index (χ4n) is 1.68. The largest absolute Gasteiger partial charge is 0.292 e. The van der Waals surface area contributed by atoms with Crippen LogP contribution in [0.4, 0.5) is 0 Å². The quantitative estimate of drug-likeness (QED) is 0.855. The molecule has 1 atom stereocenters. The first kappa shape index (κ1) is 12.4. The molecular weight excluding hydrogens is 257 g/mol. The van der Waals surface area contributed by atoms with Gasteiger partial charge in [0.2, 0.25) is 0 Å². The lowest BCUT2D eigenvalue weighted by Crippen LogP contribution is -2.11. The van der Waals surface area contributed by atoms with E-state index >= 15 is 0 Å².